The third-order valence-electron chi connectivity index (χ3n) is 4.91. The van der Waals surface area contributed by atoms with Gasteiger partial charge in [-0.3, -0.25) is 9.59 Å². The fraction of sp³-hybridized carbons (Fsp3) is 0.150. The van der Waals surface area contributed by atoms with Crippen LogP contribution >= 0.6 is 34.8 Å². The number of carbonyl (C=O) groups is 3. The fourth-order valence-electron chi connectivity index (χ4n) is 3.50. The summed E-state index contributed by atoms with van der Waals surface area (Å²) in [4.78, 5) is 41.3. The van der Waals surface area contributed by atoms with Crippen molar-refractivity contribution in [2.45, 2.75) is 12.1 Å². The van der Waals surface area contributed by atoms with Crippen LogP contribution in [-0.4, -0.2) is 41.9 Å². The third-order valence-corrected chi connectivity index (χ3v) is 5.90. The van der Waals surface area contributed by atoms with Crippen LogP contribution in [0.5, 0.6) is 0 Å². The van der Waals surface area contributed by atoms with E-state index in [9.17, 15) is 14.4 Å². The van der Waals surface area contributed by atoms with Gasteiger partial charge in [0, 0.05) is 24.0 Å². The Morgan fingerprint density at radius 3 is 2.40 bits per heavy atom. The Kier molecular flexibility index (Phi) is 5.36. The third kappa shape index (κ3) is 3.60. The van der Waals surface area contributed by atoms with E-state index < -0.39 is 29.9 Å². The summed E-state index contributed by atoms with van der Waals surface area (Å²) in [5, 5.41) is 6.62. The predicted molar refractivity (Wildman–Crippen MR) is 116 cm³/mol. The number of hydrogen-bond acceptors (Lipinski definition) is 4. The molecule has 0 saturated carbocycles. The molecule has 0 aromatic heterocycles. The van der Waals surface area contributed by atoms with Crippen LogP contribution in [0.25, 0.3) is 0 Å². The number of nitrogens with one attached hydrogen (secondary N) is 2. The quantitative estimate of drug-likeness (QED) is 0.720. The number of nitrogens with zero attached hydrogens (tertiary/aromatic N) is 2. The summed E-state index contributed by atoms with van der Waals surface area (Å²) in [5.74, 6) is -0.900. The van der Waals surface area contributed by atoms with E-state index >= 15 is 0 Å². The van der Waals surface area contributed by atoms with E-state index in [1.807, 2.05) is 0 Å². The normalized spacial score (nSPS) is 20.6. The molecule has 2 heterocycles. The van der Waals surface area contributed by atoms with E-state index in [1.165, 1.54) is 6.07 Å². The van der Waals surface area contributed by atoms with Gasteiger partial charge in [-0.25, -0.2) is 9.69 Å². The number of carbonyl (C=O) groups excluding carboxylic acids is 3. The van der Waals surface area contributed by atoms with Gasteiger partial charge in [0.05, 0.1) is 27.3 Å². The molecule has 1 saturated heterocycles. The average Bonchev–Trinajstić information content (AvgIpc) is 3.02. The number of fused-ring (bicyclic) bond motifs is 1. The van der Waals surface area contributed by atoms with Crippen LogP contribution in [0.4, 0.5) is 16.2 Å². The van der Waals surface area contributed by atoms with Crippen molar-refractivity contribution >= 4 is 64.0 Å². The lowest BCUT2D eigenvalue weighted by atomic mass is 9.99. The van der Waals surface area contributed by atoms with Crippen LogP contribution in [0, 0.1) is 0 Å². The molecule has 2 unspecified atom stereocenters. The van der Waals surface area contributed by atoms with Crippen molar-refractivity contribution in [3.05, 3.63) is 69.3 Å². The number of benzene rings is 2. The number of imide groups is 1. The first kappa shape index (κ1) is 20.5. The largest absolute Gasteiger partial charge is 0.366 e. The van der Waals surface area contributed by atoms with Gasteiger partial charge in [0.25, 0.3) is 11.8 Å². The second kappa shape index (κ2) is 7.83. The highest BCUT2D eigenvalue weighted by molar-refractivity contribution is 6.42. The Bertz CT molecular complexity index is 1090. The maximum atomic E-state index is 13.1. The van der Waals surface area contributed by atoms with Gasteiger partial charge in [0.2, 0.25) is 0 Å². The number of hydrogen-bond donors (Lipinski definition) is 2. The van der Waals surface area contributed by atoms with Crippen LogP contribution in [0.3, 0.4) is 0 Å². The molecule has 0 bridgehead atoms. The van der Waals surface area contributed by atoms with Gasteiger partial charge in [-0.05, 0) is 42.5 Å². The van der Waals surface area contributed by atoms with E-state index in [4.69, 9.17) is 34.8 Å². The molecule has 2 aromatic rings. The zero-order chi connectivity index (χ0) is 21.6. The summed E-state index contributed by atoms with van der Waals surface area (Å²) in [7, 11) is 1.67. The maximum Gasteiger partial charge on any atom is 0.329 e. The molecular formula is C20H15Cl3N4O3. The molecule has 0 aliphatic carbocycles. The molecule has 7 nitrogen and oxygen atoms in total. The zero-order valence-corrected chi connectivity index (χ0v) is 17.8. The molecule has 0 radical (unpaired) electrons. The SMILES string of the molecule is CN1C=C(C(=O)Nc2ccc(Cl)c(Cl)c2)C2NC(=O)N(c3ccc(Cl)cc3)C(=O)C21. The maximum absolute atomic E-state index is 13.1. The van der Waals surface area contributed by atoms with E-state index in [-0.39, 0.29) is 5.57 Å². The number of amides is 4. The Labute approximate surface area is 187 Å². The first-order chi connectivity index (χ1) is 14.3. The first-order valence-corrected chi connectivity index (χ1v) is 10.00. The van der Waals surface area contributed by atoms with E-state index in [2.05, 4.69) is 10.6 Å². The summed E-state index contributed by atoms with van der Waals surface area (Å²) in [6, 6.07) is 8.88. The highest BCUT2D eigenvalue weighted by Crippen LogP contribution is 2.31. The van der Waals surface area contributed by atoms with Crippen LogP contribution in [0.2, 0.25) is 15.1 Å². The van der Waals surface area contributed by atoms with Gasteiger partial charge in [-0.2, -0.15) is 0 Å². The Balaban J connectivity index is 1.57. The summed E-state index contributed by atoms with van der Waals surface area (Å²) in [6.07, 6.45) is 1.55. The number of anilines is 2. The van der Waals surface area contributed by atoms with Crippen LogP contribution < -0.4 is 15.5 Å². The van der Waals surface area contributed by atoms with Crippen molar-refractivity contribution in [3.63, 3.8) is 0 Å². The Hall–Kier alpha value is -2.74. The minimum Gasteiger partial charge on any atom is -0.366 e. The summed E-state index contributed by atoms with van der Waals surface area (Å²) < 4.78 is 0. The summed E-state index contributed by atoms with van der Waals surface area (Å²) >= 11 is 17.8. The standard InChI is InChI=1S/C20H15Cl3N4O3/c1-26-9-13(18(28)24-11-4-7-14(22)15(23)8-11)16-17(26)19(29)27(20(30)25-16)12-5-2-10(21)3-6-12/h2-9,16-17H,1H3,(H,24,28)(H,25,30). The Morgan fingerprint density at radius 2 is 1.73 bits per heavy atom. The minimum atomic E-state index is -0.790. The Morgan fingerprint density at radius 1 is 1.03 bits per heavy atom. The molecular weight excluding hydrogens is 451 g/mol. The van der Waals surface area contributed by atoms with Crippen molar-refractivity contribution in [2.24, 2.45) is 0 Å². The van der Waals surface area contributed by atoms with Crippen LogP contribution in [-0.2, 0) is 9.59 Å². The van der Waals surface area contributed by atoms with Crippen molar-refractivity contribution in [1.82, 2.24) is 10.2 Å². The lowest BCUT2D eigenvalue weighted by Gasteiger charge is -2.37. The van der Waals surface area contributed by atoms with Gasteiger partial charge in [0.1, 0.15) is 6.04 Å². The molecule has 2 atom stereocenters. The van der Waals surface area contributed by atoms with E-state index in [1.54, 1.807) is 54.5 Å². The molecule has 10 heteroatoms. The molecule has 1 fully saturated rings. The lowest BCUT2D eigenvalue weighted by molar-refractivity contribution is -0.122. The van der Waals surface area contributed by atoms with Crippen molar-refractivity contribution < 1.29 is 14.4 Å². The summed E-state index contributed by atoms with van der Waals surface area (Å²) in [5.41, 5.74) is 1.09. The first-order valence-electron chi connectivity index (χ1n) is 8.86. The molecule has 30 heavy (non-hydrogen) atoms. The highest BCUT2D eigenvalue weighted by Gasteiger charge is 2.49. The minimum absolute atomic E-state index is 0.256. The number of rotatable bonds is 3. The molecule has 2 N–H and O–H groups in total. The molecule has 4 rings (SSSR count). The van der Waals surface area contributed by atoms with Crippen molar-refractivity contribution in [1.29, 1.82) is 0 Å². The molecule has 154 valence electrons. The fourth-order valence-corrected chi connectivity index (χ4v) is 3.92. The van der Waals surface area contributed by atoms with Gasteiger partial charge in [-0.1, -0.05) is 34.8 Å². The predicted octanol–water partition coefficient (Wildman–Crippen LogP) is 3.91. The number of likely N-dealkylation sites (N-methyl/N-ethyl adjacent to an activating group) is 1. The topological polar surface area (TPSA) is 81.8 Å². The summed E-state index contributed by atoms with van der Waals surface area (Å²) in [6.45, 7) is 0. The highest BCUT2D eigenvalue weighted by atomic mass is 35.5. The average molecular weight is 466 g/mol. The monoisotopic (exact) mass is 464 g/mol. The van der Waals surface area contributed by atoms with Crippen molar-refractivity contribution in [2.75, 3.05) is 17.3 Å². The molecule has 2 aliphatic heterocycles. The zero-order valence-electron chi connectivity index (χ0n) is 15.5. The number of urea groups is 1. The lowest BCUT2D eigenvalue weighted by Crippen LogP contribution is -2.65. The van der Waals surface area contributed by atoms with Crippen LogP contribution in [0.15, 0.2) is 54.2 Å². The van der Waals surface area contributed by atoms with E-state index in [0.717, 1.165) is 4.90 Å². The van der Waals surface area contributed by atoms with Crippen LogP contribution in [0.1, 0.15) is 0 Å². The van der Waals surface area contributed by atoms with Gasteiger partial charge < -0.3 is 15.5 Å². The van der Waals surface area contributed by atoms with Gasteiger partial charge >= 0.3 is 6.03 Å². The smallest absolute Gasteiger partial charge is 0.329 e. The van der Waals surface area contributed by atoms with E-state index in [0.29, 0.717) is 26.4 Å². The molecule has 0 spiro atoms. The molecule has 2 aromatic carbocycles. The molecule has 2 aliphatic rings. The number of halogens is 3. The second-order valence-electron chi connectivity index (χ2n) is 6.85. The second-order valence-corrected chi connectivity index (χ2v) is 8.11. The van der Waals surface area contributed by atoms with Gasteiger partial charge in [0.15, 0.2) is 0 Å². The van der Waals surface area contributed by atoms with Gasteiger partial charge in [-0.15, -0.1) is 0 Å². The molecule has 4 amide bonds. The van der Waals surface area contributed by atoms with Crippen molar-refractivity contribution in [3.8, 4) is 0 Å².